The average Bonchev–Trinajstić information content (AvgIpc) is 2.07. The van der Waals surface area contributed by atoms with Gasteiger partial charge >= 0.3 is 0 Å². The highest BCUT2D eigenvalue weighted by Gasteiger charge is 1.92. The highest BCUT2D eigenvalue weighted by molar-refractivity contribution is 5.78. The van der Waals surface area contributed by atoms with Gasteiger partial charge in [-0.15, -0.1) is 0 Å². The van der Waals surface area contributed by atoms with Crippen LogP contribution in [0.3, 0.4) is 0 Å². The molecule has 1 rings (SSSR count). The van der Waals surface area contributed by atoms with E-state index in [1.807, 2.05) is 26.8 Å². The second kappa shape index (κ2) is 5.30. The number of nitrogens with zero attached hydrogens (tertiary/aromatic N) is 1. The van der Waals surface area contributed by atoms with Crippen molar-refractivity contribution in [3.63, 3.8) is 0 Å². The maximum absolute atomic E-state index is 7.46. The van der Waals surface area contributed by atoms with Gasteiger partial charge in [-0.1, -0.05) is 13.8 Å². The second-order valence-corrected chi connectivity index (χ2v) is 2.54. The molecule has 0 aliphatic heterocycles. The van der Waals surface area contributed by atoms with Crippen LogP contribution in [0.4, 0.5) is 0 Å². The van der Waals surface area contributed by atoms with E-state index in [2.05, 4.69) is 0 Å². The minimum absolute atomic E-state index is 0.359. The molecule has 0 spiro atoms. The first-order chi connectivity index (χ1) is 6.11. The van der Waals surface area contributed by atoms with Gasteiger partial charge in [-0.3, -0.25) is 15.4 Å². The Labute approximate surface area is 79.1 Å². The molecule has 0 radical (unpaired) electrons. The van der Waals surface area contributed by atoms with Crippen LogP contribution in [0.2, 0.25) is 0 Å². The molecule has 0 aromatic carbocycles. The van der Waals surface area contributed by atoms with Crippen LogP contribution in [-0.2, 0) is 0 Å². The third kappa shape index (κ3) is 3.23. The number of hydrogen-bond donors (Lipinski definition) is 2. The summed E-state index contributed by atoms with van der Waals surface area (Å²) in [6, 6.07) is 3.62. The molecule has 1 aromatic heterocycles. The van der Waals surface area contributed by atoms with Gasteiger partial charge < -0.3 is 0 Å². The van der Waals surface area contributed by atoms with Crippen LogP contribution < -0.4 is 5.49 Å². The first-order valence-corrected chi connectivity index (χ1v) is 4.40. The van der Waals surface area contributed by atoms with Gasteiger partial charge in [0.1, 0.15) is 11.3 Å². The SMILES string of the molecule is CC.CC(=N)n1ccc(C)cc1=N. The number of hydrogen-bond acceptors (Lipinski definition) is 2. The summed E-state index contributed by atoms with van der Waals surface area (Å²) in [5.41, 5.74) is 1.41. The summed E-state index contributed by atoms with van der Waals surface area (Å²) >= 11 is 0. The molecule has 0 saturated heterocycles. The van der Waals surface area contributed by atoms with Crippen LogP contribution in [0, 0.1) is 17.7 Å². The van der Waals surface area contributed by atoms with Crippen LogP contribution in [-0.4, -0.2) is 10.4 Å². The third-order valence-corrected chi connectivity index (χ3v) is 1.47. The van der Waals surface area contributed by atoms with E-state index in [0.29, 0.717) is 11.3 Å². The van der Waals surface area contributed by atoms with E-state index in [1.165, 1.54) is 4.57 Å². The van der Waals surface area contributed by atoms with Crippen molar-refractivity contribution in [2.24, 2.45) is 0 Å². The standard InChI is InChI=1S/C8H11N3.C2H6/c1-6-3-4-11(7(2)9)8(10)5-6;1-2/h3-5,9-10H,1-2H3;1-2H3. The van der Waals surface area contributed by atoms with Crippen LogP contribution >= 0.6 is 0 Å². The van der Waals surface area contributed by atoms with Gasteiger partial charge in [0, 0.05) is 6.20 Å². The molecule has 13 heavy (non-hydrogen) atoms. The van der Waals surface area contributed by atoms with Gasteiger partial charge in [0.25, 0.3) is 0 Å². The second-order valence-electron chi connectivity index (χ2n) is 2.54. The maximum Gasteiger partial charge on any atom is 0.130 e. The Morgan fingerprint density at radius 3 is 2.31 bits per heavy atom. The third-order valence-electron chi connectivity index (χ3n) is 1.47. The van der Waals surface area contributed by atoms with Crippen LogP contribution in [0.5, 0.6) is 0 Å². The molecule has 0 fully saturated rings. The average molecular weight is 179 g/mol. The molecule has 0 aliphatic carbocycles. The van der Waals surface area contributed by atoms with Crippen molar-refractivity contribution >= 4 is 5.84 Å². The van der Waals surface area contributed by atoms with Crippen LogP contribution in [0.15, 0.2) is 18.3 Å². The molecule has 0 bridgehead atoms. The number of pyridine rings is 1. The van der Waals surface area contributed by atoms with Crippen molar-refractivity contribution in [1.29, 1.82) is 10.8 Å². The molecule has 1 aromatic rings. The Kier molecular flexibility index (Phi) is 4.74. The number of aryl methyl sites for hydroxylation is 1. The lowest BCUT2D eigenvalue weighted by Crippen LogP contribution is -2.23. The summed E-state index contributed by atoms with van der Waals surface area (Å²) in [5.74, 6) is 0.370. The minimum atomic E-state index is 0.359. The van der Waals surface area contributed by atoms with Gasteiger partial charge in [-0.2, -0.15) is 0 Å². The summed E-state index contributed by atoms with van der Waals surface area (Å²) in [7, 11) is 0. The van der Waals surface area contributed by atoms with Crippen molar-refractivity contribution in [2.45, 2.75) is 27.7 Å². The summed E-state index contributed by atoms with van der Waals surface area (Å²) in [5, 5.41) is 14.8. The van der Waals surface area contributed by atoms with Crippen LogP contribution in [0.25, 0.3) is 0 Å². The molecule has 72 valence electrons. The summed E-state index contributed by atoms with van der Waals surface area (Å²) in [4.78, 5) is 0. The predicted octanol–water partition coefficient (Wildman–Crippen LogP) is 2.15. The maximum atomic E-state index is 7.46. The van der Waals surface area contributed by atoms with Crippen molar-refractivity contribution in [1.82, 2.24) is 4.57 Å². The molecule has 3 nitrogen and oxygen atoms in total. The highest BCUT2D eigenvalue weighted by atomic mass is 15.0. The molecule has 0 saturated carbocycles. The van der Waals surface area contributed by atoms with E-state index < -0.39 is 0 Å². The molecular weight excluding hydrogens is 162 g/mol. The Balaban J connectivity index is 0.000000671. The first kappa shape index (κ1) is 11.6. The first-order valence-electron chi connectivity index (χ1n) is 4.40. The Bertz CT molecular complexity index is 336. The number of aromatic nitrogens is 1. The normalized spacial score (nSPS) is 8.62. The molecule has 0 atom stereocenters. The zero-order valence-corrected chi connectivity index (χ0v) is 8.68. The van der Waals surface area contributed by atoms with E-state index in [4.69, 9.17) is 10.8 Å². The number of nitrogens with one attached hydrogen (secondary N) is 2. The topological polar surface area (TPSA) is 52.6 Å². The lowest BCUT2D eigenvalue weighted by Gasteiger charge is -2.03. The summed E-state index contributed by atoms with van der Waals surface area (Å²) in [6.07, 6.45) is 1.74. The van der Waals surface area contributed by atoms with Gasteiger partial charge in [-0.25, -0.2) is 0 Å². The van der Waals surface area contributed by atoms with E-state index in [9.17, 15) is 0 Å². The largest absolute Gasteiger partial charge is 0.291 e. The molecule has 3 heteroatoms. The van der Waals surface area contributed by atoms with Crippen LogP contribution in [0.1, 0.15) is 26.3 Å². The molecule has 0 unspecified atom stereocenters. The molecular formula is C10H17N3. The Hall–Kier alpha value is -1.38. The Morgan fingerprint density at radius 1 is 1.38 bits per heavy atom. The van der Waals surface area contributed by atoms with Crippen molar-refractivity contribution in [3.05, 3.63) is 29.4 Å². The lowest BCUT2D eigenvalue weighted by molar-refractivity contribution is 0.951. The Morgan fingerprint density at radius 2 is 1.92 bits per heavy atom. The predicted molar refractivity (Wildman–Crippen MR) is 55.2 cm³/mol. The molecule has 0 aliphatic rings. The number of rotatable bonds is 0. The van der Waals surface area contributed by atoms with Gasteiger partial charge in [0.15, 0.2) is 0 Å². The summed E-state index contributed by atoms with van der Waals surface area (Å²) in [6.45, 7) is 7.59. The van der Waals surface area contributed by atoms with Crippen molar-refractivity contribution in [3.8, 4) is 0 Å². The smallest absolute Gasteiger partial charge is 0.130 e. The molecule has 2 N–H and O–H groups in total. The van der Waals surface area contributed by atoms with Gasteiger partial charge in [0.05, 0.1) is 0 Å². The zero-order chi connectivity index (χ0) is 10.4. The lowest BCUT2D eigenvalue weighted by atomic mass is 10.3. The fourth-order valence-electron chi connectivity index (χ4n) is 0.898. The van der Waals surface area contributed by atoms with E-state index in [1.54, 1.807) is 19.2 Å². The zero-order valence-electron chi connectivity index (χ0n) is 8.68. The van der Waals surface area contributed by atoms with Gasteiger partial charge in [0.2, 0.25) is 0 Å². The van der Waals surface area contributed by atoms with Gasteiger partial charge in [-0.05, 0) is 31.5 Å². The van der Waals surface area contributed by atoms with E-state index in [-0.39, 0.29) is 0 Å². The fourth-order valence-corrected chi connectivity index (χ4v) is 0.898. The van der Waals surface area contributed by atoms with Crippen molar-refractivity contribution < 1.29 is 0 Å². The van der Waals surface area contributed by atoms with E-state index in [0.717, 1.165) is 5.56 Å². The minimum Gasteiger partial charge on any atom is -0.291 e. The highest BCUT2D eigenvalue weighted by Crippen LogP contribution is 1.89. The summed E-state index contributed by atoms with van der Waals surface area (Å²) < 4.78 is 1.52. The molecule has 0 amide bonds. The fraction of sp³-hybridized carbons (Fsp3) is 0.400. The quantitative estimate of drug-likeness (QED) is 0.453. The van der Waals surface area contributed by atoms with E-state index >= 15 is 0 Å². The molecule has 1 heterocycles. The van der Waals surface area contributed by atoms with Crippen molar-refractivity contribution in [2.75, 3.05) is 0 Å². The monoisotopic (exact) mass is 179 g/mol.